The molecule has 0 unspecified atom stereocenters. The molecule has 0 aliphatic heterocycles. The molecule has 20 heavy (non-hydrogen) atoms. The van der Waals surface area contributed by atoms with E-state index in [0.717, 1.165) is 16.2 Å². The molecule has 104 valence electrons. The summed E-state index contributed by atoms with van der Waals surface area (Å²) >= 11 is 3.43. The highest BCUT2D eigenvalue weighted by Gasteiger charge is 2.27. The van der Waals surface area contributed by atoms with E-state index >= 15 is 0 Å². The van der Waals surface area contributed by atoms with Gasteiger partial charge in [0, 0.05) is 12.0 Å². The maximum atomic E-state index is 5.89. The molecule has 0 saturated heterocycles. The first-order valence-corrected chi connectivity index (χ1v) is 7.73. The Morgan fingerprint density at radius 1 is 1.20 bits per heavy atom. The van der Waals surface area contributed by atoms with E-state index in [1.165, 1.54) is 18.4 Å². The first kappa shape index (κ1) is 13.6. The molecular formula is C16H17BrN2O. The van der Waals surface area contributed by atoms with Crippen molar-refractivity contribution in [3.63, 3.8) is 0 Å². The van der Waals surface area contributed by atoms with Crippen LogP contribution < -0.4 is 4.74 Å². The van der Waals surface area contributed by atoms with Crippen LogP contribution in [0, 0.1) is 0 Å². The van der Waals surface area contributed by atoms with Gasteiger partial charge in [-0.05, 0) is 52.4 Å². The number of ether oxygens (including phenoxy) is 1. The number of nitrogens with zero attached hydrogens (tertiary/aromatic N) is 2. The minimum atomic E-state index is 0.484. The SMILES string of the molecule is CC(C)c1cccc(Oc2cc(Br)nc(C3CC3)n2)c1. The summed E-state index contributed by atoms with van der Waals surface area (Å²) in [5.74, 6) is 3.31. The van der Waals surface area contributed by atoms with Gasteiger partial charge < -0.3 is 4.74 Å². The van der Waals surface area contributed by atoms with Crippen molar-refractivity contribution in [1.82, 2.24) is 9.97 Å². The van der Waals surface area contributed by atoms with Crippen molar-refractivity contribution in [2.45, 2.75) is 38.5 Å². The average molecular weight is 333 g/mol. The maximum absolute atomic E-state index is 5.89. The molecule has 3 nitrogen and oxygen atoms in total. The van der Waals surface area contributed by atoms with Crippen LogP contribution in [0.4, 0.5) is 0 Å². The highest BCUT2D eigenvalue weighted by Crippen LogP contribution is 2.39. The molecule has 4 heteroatoms. The molecule has 3 rings (SSSR count). The summed E-state index contributed by atoms with van der Waals surface area (Å²) in [6.45, 7) is 4.34. The Labute approximate surface area is 127 Å². The van der Waals surface area contributed by atoms with Crippen LogP contribution in [0.3, 0.4) is 0 Å². The van der Waals surface area contributed by atoms with Crippen LogP contribution in [0.1, 0.15) is 49.9 Å². The molecule has 1 fully saturated rings. The second-order valence-corrected chi connectivity index (χ2v) is 6.30. The third kappa shape index (κ3) is 3.18. The summed E-state index contributed by atoms with van der Waals surface area (Å²) in [5, 5.41) is 0. The average Bonchev–Trinajstić information content (AvgIpc) is 3.22. The van der Waals surface area contributed by atoms with Gasteiger partial charge in [-0.3, -0.25) is 0 Å². The zero-order valence-electron chi connectivity index (χ0n) is 11.6. The predicted molar refractivity (Wildman–Crippen MR) is 82.3 cm³/mol. The smallest absolute Gasteiger partial charge is 0.223 e. The van der Waals surface area contributed by atoms with Gasteiger partial charge in [0.1, 0.15) is 16.2 Å². The van der Waals surface area contributed by atoms with Gasteiger partial charge in [-0.2, -0.15) is 4.98 Å². The fourth-order valence-corrected chi connectivity index (χ4v) is 2.43. The number of rotatable bonds is 4. The van der Waals surface area contributed by atoms with Crippen LogP contribution in [0.25, 0.3) is 0 Å². The normalized spacial score (nSPS) is 14.6. The highest BCUT2D eigenvalue weighted by molar-refractivity contribution is 9.10. The van der Waals surface area contributed by atoms with Gasteiger partial charge in [0.05, 0.1) is 0 Å². The third-order valence-electron chi connectivity index (χ3n) is 3.38. The molecule has 0 radical (unpaired) electrons. The van der Waals surface area contributed by atoms with Crippen LogP contribution in [-0.2, 0) is 0 Å². The molecule has 0 spiro atoms. The Hall–Kier alpha value is -1.42. The Bertz CT molecular complexity index is 624. The number of hydrogen-bond donors (Lipinski definition) is 0. The van der Waals surface area contributed by atoms with E-state index in [4.69, 9.17) is 4.74 Å². The van der Waals surface area contributed by atoms with Gasteiger partial charge in [-0.1, -0.05) is 26.0 Å². The van der Waals surface area contributed by atoms with Crippen molar-refractivity contribution in [2.75, 3.05) is 0 Å². The summed E-state index contributed by atoms with van der Waals surface area (Å²) < 4.78 is 6.67. The van der Waals surface area contributed by atoms with Crippen molar-refractivity contribution in [1.29, 1.82) is 0 Å². The Morgan fingerprint density at radius 2 is 2.00 bits per heavy atom. The number of benzene rings is 1. The van der Waals surface area contributed by atoms with E-state index in [2.05, 4.69) is 51.9 Å². The summed E-state index contributed by atoms with van der Waals surface area (Å²) in [7, 11) is 0. The second-order valence-electron chi connectivity index (χ2n) is 5.49. The first-order valence-electron chi connectivity index (χ1n) is 6.94. The van der Waals surface area contributed by atoms with Crippen LogP contribution in [0.5, 0.6) is 11.6 Å². The van der Waals surface area contributed by atoms with Crippen molar-refractivity contribution in [2.24, 2.45) is 0 Å². The van der Waals surface area contributed by atoms with Gasteiger partial charge in [0.15, 0.2) is 0 Å². The topological polar surface area (TPSA) is 35.0 Å². The van der Waals surface area contributed by atoms with E-state index in [9.17, 15) is 0 Å². The van der Waals surface area contributed by atoms with Crippen LogP contribution in [-0.4, -0.2) is 9.97 Å². The second kappa shape index (κ2) is 5.52. The lowest BCUT2D eigenvalue weighted by atomic mass is 10.0. The van der Waals surface area contributed by atoms with Crippen LogP contribution in [0.15, 0.2) is 34.9 Å². The molecule has 2 aromatic rings. The summed E-state index contributed by atoms with van der Waals surface area (Å²) in [5.41, 5.74) is 1.26. The standard InChI is InChI=1S/C16H17BrN2O/c1-10(2)12-4-3-5-13(8-12)20-15-9-14(17)18-16(19-15)11-6-7-11/h3-5,8-11H,6-7H2,1-2H3. The number of halogens is 1. The van der Waals surface area contributed by atoms with Gasteiger partial charge in [0.25, 0.3) is 0 Å². The molecule has 1 aliphatic carbocycles. The van der Waals surface area contributed by atoms with Crippen LogP contribution in [0.2, 0.25) is 0 Å². The van der Waals surface area contributed by atoms with Gasteiger partial charge in [-0.25, -0.2) is 4.98 Å². The van der Waals surface area contributed by atoms with E-state index in [1.807, 2.05) is 18.2 Å². The molecule has 1 aromatic carbocycles. The number of hydrogen-bond acceptors (Lipinski definition) is 3. The molecular weight excluding hydrogens is 316 g/mol. The Balaban J connectivity index is 1.85. The molecule has 0 N–H and O–H groups in total. The summed E-state index contributed by atoms with van der Waals surface area (Å²) in [6.07, 6.45) is 2.36. The molecule has 1 saturated carbocycles. The van der Waals surface area contributed by atoms with Crippen molar-refractivity contribution >= 4 is 15.9 Å². The molecule has 1 aromatic heterocycles. The summed E-state index contributed by atoms with van der Waals surface area (Å²) in [4.78, 5) is 8.91. The third-order valence-corrected chi connectivity index (χ3v) is 3.78. The van der Waals surface area contributed by atoms with Gasteiger partial charge >= 0.3 is 0 Å². The van der Waals surface area contributed by atoms with Crippen LogP contribution >= 0.6 is 15.9 Å². The van der Waals surface area contributed by atoms with Crippen molar-refractivity contribution in [3.8, 4) is 11.6 Å². The molecule has 1 aliphatic rings. The zero-order chi connectivity index (χ0) is 14.1. The fourth-order valence-electron chi connectivity index (χ4n) is 2.05. The van der Waals surface area contributed by atoms with E-state index in [1.54, 1.807) is 0 Å². The monoisotopic (exact) mass is 332 g/mol. The minimum Gasteiger partial charge on any atom is -0.439 e. The van der Waals surface area contributed by atoms with Crippen molar-refractivity contribution < 1.29 is 4.74 Å². The minimum absolute atomic E-state index is 0.484. The lowest BCUT2D eigenvalue weighted by molar-refractivity contribution is 0.457. The lowest BCUT2D eigenvalue weighted by Crippen LogP contribution is -1.97. The quantitative estimate of drug-likeness (QED) is 0.736. The lowest BCUT2D eigenvalue weighted by Gasteiger charge is -2.10. The van der Waals surface area contributed by atoms with E-state index in [0.29, 0.717) is 17.7 Å². The van der Waals surface area contributed by atoms with Gasteiger partial charge in [0.2, 0.25) is 5.88 Å². The Morgan fingerprint density at radius 3 is 2.70 bits per heavy atom. The molecule has 0 atom stereocenters. The maximum Gasteiger partial charge on any atom is 0.223 e. The molecule has 0 amide bonds. The van der Waals surface area contributed by atoms with E-state index in [-0.39, 0.29) is 0 Å². The van der Waals surface area contributed by atoms with Crippen molar-refractivity contribution in [3.05, 3.63) is 46.3 Å². The highest BCUT2D eigenvalue weighted by atomic mass is 79.9. The fraction of sp³-hybridized carbons (Fsp3) is 0.375. The largest absolute Gasteiger partial charge is 0.439 e. The summed E-state index contributed by atoms with van der Waals surface area (Å²) in [6, 6.07) is 9.97. The van der Waals surface area contributed by atoms with E-state index < -0.39 is 0 Å². The van der Waals surface area contributed by atoms with Gasteiger partial charge in [-0.15, -0.1) is 0 Å². The molecule has 0 bridgehead atoms. The zero-order valence-corrected chi connectivity index (χ0v) is 13.2. The predicted octanol–water partition coefficient (Wildman–Crippen LogP) is 5.03. The molecule has 1 heterocycles. The first-order chi connectivity index (χ1) is 9.61. The number of aromatic nitrogens is 2. The Kier molecular flexibility index (Phi) is 3.74.